The van der Waals surface area contributed by atoms with Crippen LogP contribution in [0.25, 0.3) is 0 Å². The van der Waals surface area contributed by atoms with Crippen molar-refractivity contribution in [3.05, 3.63) is 30.3 Å². The van der Waals surface area contributed by atoms with Crippen molar-refractivity contribution in [2.75, 3.05) is 0 Å². The maximum atomic E-state index is 12.7. The van der Waals surface area contributed by atoms with Gasteiger partial charge in [0.2, 0.25) is 5.91 Å². The van der Waals surface area contributed by atoms with Gasteiger partial charge >= 0.3 is 0 Å². The molecule has 0 unspecified atom stereocenters. The first-order chi connectivity index (χ1) is 18.4. The molecule has 11 atom stereocenters. The fraction of sp³-hybridized carbons (Fsp3) is 0.781. The smallest absolute Gasteiger partial charge is 0.264 e. The van der Waals surface area contributed by atoms with Gasteiger partial charge in [0.1, 0.15) is 0 Å². The quantitative estimate of drug-likeness (QED) is 0.407. The van der Waals surface area contributed by atoms with Gasteiger partial charge in [-0.25, -0.2) is 13.1 Å². The van der Waals surface area contributed by atoms with Crippen molar-refractivity contribution in [1.29, 1.82) is 0 Å². The zero-order valence-corrected chi connectivity index (χ0v) is 25.0. The topological polar surface area (TPSA) is 104 Å². The average Bonchev–Trinajstić information content (AvgIpc) is 3.26. The summed E-state index contributed by atoms with van der Waals surface area (Å²) >= 11 is 0. The number of hydrogen-bond donors (Lipinski definition) is 3. The summed E-state index contributed by atoms with van der Waals surface area (Å²) in [4.78, 5) is 12.8. The molecule has 4 saturated carbocycles. The van der Waals surface area contributed by atoms with Crippen molar-refractivity contribution in [2.24, 2.45) is 52.3 Å². The number of nitrogens with one attached hydrogen (secondary N) is 1. The van der Waals surface area contributed by atoms with Crippen molar-refractivity contribution >= 4 is 15.9 Å². The molecule has 0 aliphatic heterocycles. The fourth-order valence-corrected chi connectivity index (χ4v) is 11.4. The molecular formula is C32H49NO5S. The van der Waals surface area contributed by atoms with E-state index in [1.807, 2.05) is 0 Å². The third-order valence-electron chi connectivity index (χ3n) is 12.3. The Morgan fingerprint density at radius 2 is 1.67 bits per heavy atom. The molecule has 0 aromatic heterocycles. The first-order valence-electron chi connectivity index (χ1n) is 15.4. The number of carbonyl (C=O) groups is 1. The van der Waals surface area contributed by atoms with Crippen LogP contribution in [0.5, 0.6) is 0 Å². The molecule has 1 aromatic carbocycles. The molecule has 1 amide bonds. The largest absolute Gasteiger partial charge is 0.393 e. The molecule has 39 heavy (non-hydrogen) atoms. The summed E-state index contributed by atoms with van der Waals surface area (Å²) in [6, 6.07) is 8.04. The van der Waals surface area contributed by atoms with E-state index < -0.39 is 15.9 Å². The minimum absolute atomic E-state index is 0.106. The minimum atomic E-state index is -3.85. The minimum Gasteiger partial charge on any atom is -0.393 e. The van der Waals surface area contributed by atoms with E-state index in [1.54, 1.807) is 18.2 Å². The molecule has 6 nitrogen and oxygen atoms in total. The van der Waals surface area contributed by atoms with E-state index in [4.69, 9.17) is 0 Å². The number of amides is 1. The van der Waals surface area contributed by atoms with Crippen LogP contribution in [0.3, 0.4) is 0 Å². The summed E-state index contributed by atoms with van der Waals surface area (Å²) in [5.74, 6) is 2.26. The second-order valence-electron chi connectivity index (χ2n) is 14.0. The average molecular weight is 560 g/mol. The van der Waals surface area contributed by atoms with Crippen LogP contribution in [0.4, 0.5) is 0 Å². The summed E-state index contributed by atoms with van der Waals surface area (Å²) in [6.07, 6.45) is 8.57. The van der Waals surface area contributed by atoms with Crippen LogP contribution < -0.4 is 4.72 Å². The number of hydrogen-bond acceptors (Lipinski definition) is 5. The molecule has 0 saturated heterocycles. The molecule has 7 heteroatoms. The summed E-state index contributed by atoms with van der Waals surface area (Å²) in [5, 5.41) is 22.4. The lowest BCUT2D eigenvalue weighted by Gasteiger charge is -2.64. The highest BCUT2D eigenvalue weighted by atomic mass is 32.2. The fourth-order valence-electron chi connectivity index (χ4n) is 10.4. The predicted octanol–water partition coefficient (Wildman–Crippen LogP) is 5.53. The van der Waals surface area contributed by atoms with E-state index in [0.717, 1.165) is 51.4 Å². The molecule has 5 rings (SSSR count). The number of benzene rings is 1. The van der Waals surface area contributed by atoms with Gasteiger partial charge in [0, 0.05) is 6.42 Å². The van der Waals surface area contributed by atoms with Gasteiger partial charge < -0.3 is 10.2 Å². The highest BCUT2D eigenvalue weighted by Gasteiger charge is 2.64. The Kier molecular flexibility index (Phi) is 8.02. The van der Waals surface area contributed by atoms with Gasteiger partial charge in [-0.05, 0) is 116 Å². The third kappa shape index (κ3) is 4.99. The Bertz CT molecular complexity index is 1140. The van der Waals surface area contributed by atoms with E-state index in [2.05, 4.69) is 32.4 Å². The standard InChI is InChI=1S/C32H49NO5S/c1-5-23-27-19-21(34)15-17-32(27,4)26-16-18-31(3)24(12-13-25(31)29(26)30(23)36)20(2)11-14-28(35)33-39(37,38)22-9-7-6-8-10-22/h6-10,20-21,23-27,29-30,34,36H,5,11-19H2,1-4H3,(H,33,35)/t20-,21-,23-,24-,25+,26+,27+,29+,30-,31-,32-/m1/s1. The summed E-state index contributed by atoms with van der Waals surface area (Å²) in [6.45, 7) is 9.35. The number of aliphatic hydroxyl groups is 2. The van der Waals surface area contributed by atoms with Crippen LogP contribution in [0, 0.1) is 52.3 Å². The van der Waals surface area contributed by atoms with E-state index in [0.29, 0.717) is 41.9 Å². The highest BCUT2D eigenvalue weighted by Crippen LogP contribution is 2.69. The number of aliphatic hydroxyl groups excluding tert-OH is 2. The maximum absolute atomic E-state index is 12.7. The van der Waals surface area contributed by atoms with Crippen LogP contribution in [0.1, 0.15) is 91.9 Å². The lowest BCUT2D eigenvalue weighted by atomic mass is 9.41. The number of rotatable bonds is 7. The van der Waals surface area contributed by atoms with Crippen LogP contribution in [0.15, 0.2) is 35.2 Å². The van der Waals surface area contributed by atoms with Crippen LogP contribution in [-0.2, 0) is 14.8 Å². The summed E-state index contributed by atoms with van der Waals surface area (Å²) in [5.41, 5.74) is 0.320. The molecule has 4 aliphatic rings. The summed E-state index contributed by atoms with van der Waals surface area (Å²) < 4.78 is 27.4. The van der Waals surface area contributed by atoms with Crippen molar-refractivity contribution in [2.45, 2.75) is 109 Å². The summed E-state index contributed by atoms with van der Waals surface area (Å²) in [7, 11) is -3.85. The molecule has 0 radical (unpaired) electrons. The molecule has 1 aromatic rings. The van der Waals surface area contributed by atoms with Crippen LogP contribution in [-0.4, -0.2) is 36.7 Å². The zero-order valence-electron chi connectivity index (χ0n) is 24.2. The van der Waals surface area contributed by atoms with Gasteiger partial charge in [-0.3, -0.25) is 4.79 Å². The van der Waals surface area contributed by atoms with Crippen molar-refractivity contribution in [3.63, 3.8) is 0 Å². The molecule has 3 N–H and O–H groups in total. The normalized spacial score (nSPS) is 42.6. The van der Waals surface area contributed by atoms with E-state index in [9.17, 15) is 23.4 Å². The predicted molar refractivity (Wildman–Crippen MR) is 152 cm³/mol. The van der Waals surface area contributed by atoms with Gasteiger partial charge in [-0.15, -0.1) is 0 Å². The van der Waals surface area contributed by atoms with Crippen molar-refractivity contribution in [1.82, 2.24) is 4.72 Å². The molecule has 0 heterocycles. The van der Waals surface area contributed by atoms with Gasteiger partial charge in [-0.2, -0.15) is 0 Å². The van der Waals surface area contributed by atoms with Gasteiger partial charge in [0.15, 0.2) is 0 Å². The Morgan fingerprint density at radius 3 is 2.36 bits per heavy atom. The van der Waals surface area contributed by atoms with Gasteiger partial charge in [0.25, 0.3) is 10.0 Å². The highest BCUT2D eigenvalue weighted by molar-refractivity contribution is 7.90. The second-order valence-corrected chi connectivity index (χ2v) is 15.7. The molecule has 218 valence electrons. The SMILES string of the molecule is CC[C@H]1[C@@H](O)[C@@H]2[C@H](CC[C@]3(C)[C@@H]([C@H](C)CCC(=O)NS(=O)(=O)c4ccccc4)CC[C@@H]23)[C@@]2(C)CC[C@@H](O)C[C@@H]12. The molecule has 4 fully saturated rings. The molecule has 4 aliphatic carbocycles. The third-order valence-corrected chi connectivity index (χ3v) is 13.7. The van der Waals surface area contributed by atoms with Crippen LogP contribution >= 0.6 is 0 Å². The first kappa shape index (κ1) is 29.1. The second kappa shape index (κ2) is 10.8. The van der Waals surface area contributed by atoms with E-state index in [1.165, 1.54) is 12.1 Å². The Labute approximate surface area is 235 Å². The lowest BCUT2D eigenvalue weighted by Crippen LogP contribution is -2.62. The molecular weight excluding hydrogens is 510 g/mol. The van der Waals surface area contributed by atoms with E-state index in [-0.39, 0.29) is 40.3 Å². The van der Waals surface area contributed by atoms with Crippen molar-refractivity contribution < 1.29 is 23.4 Å². The number of fused-ring (bicyclic) bond motifs is 5. The van der Waals surface area contributed by atoms with Crippen LogP contribution in [0.2, 0.25) is 0 Å². The lowest BCUT2D eigenvalue weighted by molar-refractivity contribution is -0.203. The Balaban J connectivity index is 1.27. The van der Waals surface area contributed by atoms with Crippen molar-refractivity contribution in [3.8, 4) is 0 Å². The first-order valence-corrected chi connectivity index (χ1v) is 16.9. The van der Waals surface area contributed by atoms with E-state index >= 15 is 0 Å². The number of sulfonamides is 1. The zero-order chi connectivity index (χ0) is 28.2. The van der Waals surface area contributed by atoms with Gasteiger partial charge in [0.05, 0.1) is 17.1 Å². The Hall–Kier alpha value is -1.44. The molecule has 0 spiro atoms. The maximum Gasteiger partial charge on any atom is 0.264 e. The monoisotopic (exact) mass is 559 g/mol. The van der Waals surface area contributed by atoms with Gasteiger partial charge in [-0.1, -0.05) is 52.3 Å². The Morgan fingerprint density at radius 1 is 1.00 bits per heavy atom. The number of carbonyl (C=O) groups excluding carboxylic acids is 1. The molecule has 0 bridgehead atoms.